The Labute approximate surface area is 94.9 Å². The van der Waals surface area contributed by atoms with Gasteiger partial charge in [0.2, 0.25) is 0 Å². The summed E-state index contributed by atoms with van der Waals surface area (Å²) in [7, 11) is 0. The van der Waals surface area contributed by atoms with Crippen LogP contribution in [0.25, 0.3) is 0 Å². The molecule has 1 fully saturated rings. The molecular formula is C13H17F2N. The Morgan fingerprint density at radius 3 is 2.38 bits per heavy atom. The third-order valence-corrected chi connectivity index (χ3v) is 3.57. The van der Waals surface area contributed by atoms with Gasteiger partial charge in [0.1, 0.15) is 11.6 Å². The van der Waals surface area contributed by atoms with E-state index in [1.165, 1.54) is 31.0 Å². The lowest BCUT2D eigenvalue weighted by atomic mass is 10.0. The lowest BCUT2D eigenvalue weighted by Crippen LogP contribution is -2.24. The highest BCUT2D eigenvalue weighted by Crippen LogP contribution is 2.47. The Morgan fingerprint density at radius 1 is 1.25 bits per heavy atom. The molecular weight excluding hydrogens is 208 g/mol. The first kappa shape index (κ1) is 11.5. The molecule has 0 aliphatic heterocycles. The molecule has 0 saturated heterocycles. The molecule has 16 heavy (non-hydrogen) atoms. The quantitative estimate of drug-likeness (QED) is 0.811. The molecule has 1 aromatic rings. The first-order valence-electron chi connectivity index (χ1n) is 5.80. The minimum Gasteiger partial charge on any atom is -0.312 e. The second-order valence-corrected chi connectivity index (χ2v) is 4.66. The molecule has 1 aromatic carbocycles. The average Bonchev–Trinajstić information content (AvgIpc) is 3.03. The molecule has 3 heteroatoms. The number of rotatable bonds is 5. The summed E-state index contributed by atoms with van der Waals surface area (Å²) >= 11 is 0. The van der Waals surface area contributed by atoms with Crippen LogP contribution in [0.3, 0.4) is 0 Å². The van der Waals surface area contributed by atoms with Crippen molar-refractivity contribution in [2.75, 3.05) is 6.54 Å². The summed E-state index contributed by atoms with van der Waals surface area (Å²) in [6.45, 7) is 3.30. The summed E-state index contributed by atoms with van der Waals surface area (Å²) in [6, 6.07) is 3.99. The van der Waals surface area contributed by atoms with Crippen molar-refractivity contribution in [3.63, 3.8) is 0 Å². The lowest BCUT2D eigenvalue weighted by molar-refractivity contribution is 0.434. The SMILES string of the molecule is CCC1(CNCc2c(F)cccc2F)CC1. The van der Waals surface area contributed by atoms with Crippen molar-refractivity contribution in [2.45, 2.75) is 32.7 Å². The van der Waals surface area contributed by atoms with Gasteiger partial charge in [-0.1, -0.05) is 13.0 Å². The van der Waals surface area contributed by atoms with Crippen molar-refractivity contribution >= 4 is 0 Å². The van der Waals surface area contributed by atoms with E-state index in [1.807, 2.05) is 0 Å². The van der Waals surface area contributed by atoms with Gasteiger partial charge in [0.15, 0.2) is 0 Å². The zero-order valence-electron chi connectivity index (χ0n) is 9.52. The number of hydrogen-bond donors (Lipinski definition) is 1. The van der Waals surface area contributed by atoms with Gasteiger partial charge in [-0.25, -0.2) is 8.78 Å². The molecule has 0 spiro atoms. The molecule has 0 atom stereocenters. The smallest absolute Gasteiger partial charge is 0.130 e. The van der Waals surface area contributed by atoms with E-state index >= 15 is 0 Å². The van der Waals surface area contributed by atoms with Crippen LogP contribution in [-0.2, 0) is 6.54 Å². The molecule has 1 N–H and O–H groups in total. The van der Waals surface area contributed by atoms with Crippen LogP contribution in [0, 0.1) is 17.0 Å². The molecule has 88 valence electrons. The fourth-order valence-electron chi connectivity index (χ4n) is 1.99. The summed E-state index contributed by atoms with van der Waals surface area (Å²) in [5, 5.41) is 3.16. The monoisotopic (exact) mass is 225 g/mol. The van der Waals surface area contributed by atoms with Gasteiger partial charge in [0, 0.05) is 18.7 Å². The highest BCUT2D eigenvalue weighted by Gasteiger charge is 2.39. The van der Waals surface area contributed by atoms with Gasteiger partial charge >= 0.3 is 0 Å². The lowest BCUT2D eigenvalue weighted by Gasteiger charge is -2.13. The molecule has 1 saturated carbocycles. The van der Waals surface area contributed by atoms with Gasteiger partial charge in [-0.3, -0.25) is 0 Å². The van der Waals surface area contributed by atoms with E-state index in [2.05, 4.69) is 12.2 Å². The predicted octanol–water partition coefficient (Wildman–Crippen LogP) is 3.24. The highest BCUT2D eigenvalue weighted by molar-refractivity contribution is 5.19. The van der Waals surface area contributed by atoms with E-state index in [4.69, 9.17) is 0 Å². The van der Waals surface area contributed by atoms with E-state index in [1.54, 1.807) is 0 Å². The van der Waals surface area contributed by atoms with Gasteiger partial charge in [-0.2, -0.15) is 0 Å². The predicted molar refractivity (Wildman–Crippen MR) is 60.0 cm³/mol. The molecule has 0 amide bonds. The minimum absolute atomic E-state index is 0.148. The summed E-state index contributed by atoms with van der Waals surface area (Å²) in [6.07, 6.45) is 3.60. The Hall–Kier alpha value is -0.960. The number of nitrogens with one attached hydrogen (secondary N) is 1. The van der Waals surface area contributed by atoms with Crippen LogP contribution < -0.4 is 5.32 Å². The van der Waals surface area contributed by atoms with Crippen LogP contribution in [0.5, 0.6) is 0 Å². The van der Waals surface area contributed by atoms with Crippen molar-refractivity contribution in [3.8, 4) is 0 Å². The van der Waals surface area contributed by atoms with Gasteiger partial charge in [-0.05, 0) is 36.8 Å². The van der Waals surface area contributed by atoms with Gasteiger partial charge in [0.05, 0.1) is 0 Å². The number of benzene rings is 1. The minimum atomic E-state index is -0.464. The maximum absolute atomic E-state index is 13.3. The van der Waals surface area contributed by atoms with Crippen molar-refractivity contribution in [1.82, 2.24) is 5.32 Å². The summed E-state index contributed by atoms with van der Waals surface area (Å²) in [4.78, 5) is 0. The summed E-state index contributed by atoms with van der Waals surface area (Å²) < 4.78 is 26.6. The van der Waals surface area contributed by atoms with E-state index in [0.29, 0.717) is 5.41 Å². The fourth-order valence-corrected chi connectivity index (χ4v) is 1.99. The van der Waals surface area contributed by atoms with Crippen LogP contribution in [0.1, 0.15) is 31.7 Å². The maximum atomic E-state index is 13.3. The Bertz CT molecular complexity index is 352. The Morgan fingerprint density at radius 2 is 1.88 bits per heavy atom. The second-order valence-electron chi connectivity index (χ2n) is 4.66. The van der Waals surface area contributed by atoms with E-state index < -0.39 is 11.6 Å². The highest BCUT2D eigenvalue weighted by atomic mass is 19.1. The number of halogens is 2. The van der Waals surface area contributed by atoms with Crippen LogP contribution in [0.4, 0.5) is 8.78 Å². The zero-order chi connectivity index (χ0) is 11.6. The third kappa shape index (κ3) is 2.40. The van der Waals surface area contributed by atoms with Gasteiger partial charge < -0.3 is 5.32 Å². The normalized spacial score (nSPS) is 17.4. The van der Waals surface area contributed by atoms with Crippen LogP contribution in [-0.4, -0.2) is 6.54 Å². The number of hydrogen-bond acceptors (Lipinski definition) is 1. The van der Waals surface area contributed by atoms with E-state index in [0.717, 1.165) is 13.0 Å². The maximum Gasteiger partial charge on any atom is 0.130 e. The van der Waals surface area contributed by atoms with Crippen molar-refractivity contribution in [2.24, 2.45) is 5.41 Å². The van der Waals surface area contributed by atoms with Crippen molar-refractivity contribution in [1.29, 1.82) is 0 Å². The van der Waals surface area contributed by atoms with Gasteiger partial charge in [0.25, 0.3) is 0 Å². The van der Waals surface area contributed by atoms with Crippen LogP contribution >= 0.6 is 0 Å². The molecule has 1 aliphatic rings. The van der Waals surface area contributed by atoms with Gasteiger partial charge in [-0.15, -0.1) is 0 Å². The average molecular weight is 225 g/mol. The Kier molecular flexibility index (Phi) is 3.24. The molecule has 2 rings (SSSR count). The topological polar surface area (TPSA) is 12.0 Å². The first-order valence-corrected chi connectivity index (χ1v) is 5.80. The molecule has 0 aromatic heterocycles. The molecule has 0 radical (unpaired) electrons. The van der Waals surface area contributed by atoms with Crippen LogP contribution in [0.15, 0.2) is 18.2 Å². The second kappa shape index (κ2) is 4.50. The molecule has 0 heterocycles. The summed E-state index contributed by atoms with van der Waals surface area (Å²) in [5.41, 5.74) is 0.552. The molecule has 0 bridgehead atoms. The summed E-state index contributed by atoms with van der Waals surface area (Å²) in [5.74, 6) is -0.928. The zero-order valence-corrected chi connectivity index (χ0v) is 9.52. The molecule has 0 unspecified atom stereocenters. The van der Waals surface area contributed by atoms with Crippen molar-refractivity contribution in [3.05, 3.63) is 35.4 Å². The fraction of sp³-hybridized carbons (Fsp3) is 0.538. The van der Waals surface area contributed by atoms with Crippen molar-refractivity contribution < 1.29 is 8.78 Å². The standard InChI is InChI=1S/C13H17F2N/c1-2-13(6-7-13)9-16-8-10-11(14)4-3-5-12(10)15/h3-5,16H,2,6-9H2,1H3. The van der Waals surface area contributed by atoms with E-state index in [-0.39, 0.29) is 12.1 Å². The molecule has 1 aliphatic carbocycles. The van der Waals surface area contributed by atoms with Crippen LogP contribution in [0.2, 0.25) is 0 Å². The Balaban J connectivity index is 1.90. The largest absolute Gasteiger partial charge is 0.312 e. The third-order valence-electron chi connectivity index (χ3n) is 3.57. The van der Waals surface area contributed by atoms with E-state index in [9.17, 15) is 8.78 Å². The molecule has 1 nitrogen and oxygen atoms in total. The first-order chi connectivity index (χ1) is 7.67.